The number of rotatable bonds is 6. The van der Waals surface area contributed by atoms with Gasteiger partial charge in [-0.2, -0.15) is 4.80 Å². The number of carbonyl (C=O) groups is 1. The van der Waals surface area contributed by atoms with Gasteiger partial charge in [0.25, 0.3) is 10.0 Å². The molecule has 1 fully saturated rings. The van der Waals surface area contributed by atoms with Crippen molar-refractivity contribution in [2.45, 2.75) is 69.4 Å². The SMILES string of the molecule is COc1cc(-c2nnn(CC3CCC(F)(F)CC3)n2)ccc1S(=O)(=O)NC(=O)OC(C)(C)C. The zero-order valence-electron chi connectivity index (χ0n) is 18.8. The minimum atomic E-state index is -4.27. The highest BCUT2D eigenvalue weighted by Gasteiger charge is 2.35. The number of methoxy groups -OCH3 is 1. The fourth-order valence-corrected chi connectivity index (χ4v) is 4.47. The van der Waals surface area contributed by atoms with Crippen LogP contribution in [0, 0.1) is 5.92 Å². The summed E-state index contributed by atoms with van der Waals surface area (Å²) < 4.78 is 64.0. The van der Waals surface area contributed by atoms with Crippen molar-refractivity contribution < 1.29 is 31.5 Å². The molecule has 1 aromatic heterocycles. The van der Waals surface area contributed by atoms with Crippen molar-refractivity contribution in [1.82, 2.24) is 24.9 Å². The van der Waals surface area contributed by atoms with Crippen LogP contribution in [0.4, 0.5) is 13.6 Å². The summed E-state index contributed by atoms with van der Waals surface area (Å²) in [4.78, 5) is 13.0. The molecule has 0 radical (unpaired) electrons. The molecule has 1 aromatic carbocycles. The maximum absolute atomic E-state index is 13.3. The number of sulfonamides is 1. The van der Waals surface area contributed by atoms with Gasteiger partial charge >= 0.3 is 6.09 Å². The summed E-state index contributed by atoms with van der Waals surface area (Å²) in [6.07, 6.45) is -0.643. The Hall–Kier alpha value is -2.83. The third-order valence-electron chi connectivity index (χ3n) is 5.04. The Labute approximate surface area is 190 Å². The molecule has 1 saturated carbocycles. The lowest BCUT2D eigenvalue weighted by molar-refractivity contribution is -0.0480. The molecule has 1 N–H and O–H groups in total. The molecule has 1 heterocycles. The lowest BCUT2D eigenvalue weighted by Gasteiger charge is -2.27. The number of halogens is 2. The first-order chi connectivity index (χ1) is 15.3. The van der Waals surface area contributed by atoms with Crippen LogP contribution in [-0.4, -0.2) is 53.4 Å². The number of aromatic nitrogens is 4. The minimum absolute atomic E-state index is 0.0329. The number of ether oxygens (including phenoxy) is 2. The summed E-state index contributed by atoms with van der Waals surface area (Å²) in [7, 11) is -2.98. The summed E-state index contributed by atoms with van der Waals surface area (Å²) in [5.74, 6) is -2.38. The van der Waals surface area contributed by atoms with Crippen LogP contribution in [-0.2, 0) is 21.3 Å². The molecule has 1 aliphatic rings. The van der Waals surface area contributed by atoms with Gasteiger partial charge in [0.05, 0.1) is 13.7 Å². The van der Waals surface area contributed by atoms with Gasteiger partial charge in [0.15, 0.2) is 0 Å². The van der Waals surface area contributed by atoms with Crippen molar-refractivity contribution >= 4 is 16.1 Å². The largest absolute Gasteiger partial charge is 0.495 e. The minimum Gasteiger partial charge on any atom is -0.495 e. The molecule has 0 unspecified atom stereocenters. The zero-order valence-corrected chi connectivity index (χ0v) is 19.7. The van der Waals surface area contributed by atoms with Crippen LogP contribution in [0.1, 0.15) is 46.5 Å². The molecule has 0 atom stereocenters. The first-order valence-electron chi connectivity index (χ1n) is 10.4. The van der Waals surface area contributed by atoms with Crippen molar-refractivity contribution in [1.29, 1.82) is 0 Å². The summed E-state index contributed by atoms with van der Waals surface area (Å²) >= 11 is 0. The molecule has 10 nitrogen and oxygen atoms in total. The predicted octanol–water partition coefficient (Wildman–Crippen LogP) is 3.39. The second-order valence-corrected chi connectivity index (χ2v) is 10.6. The second-order valence-electron chi connectivity index (χ2n) is 8.94. The Morgan fingerprint density at radius 3 is 2.55 bits per heavy atom. The molecule has 0 spiro atoms. The van der Waals surface area contributed by atoms with E-state index in [1.165, 1.54) is 30.1 Å². The molecule has 0 bridgehead atoms. The maximum atomic E-state index is 13.3. The summed E-state index contributed by atoms with van der Waals surface area (Å²) in [5.41, 5.74) is -0.437. The normalized spacial score (nSPS) is 16.9. The Morgan fingerprint density at radius 1 is 1.27 bits per heavy atom. The first-order valence-corrected chi connectivity index (χ1v) is 11.9. The third kappa shape index (κ3) is 6.59. The van der Waals surface area contributed by atoms with E-state index in [0.29, 0.717) is 24.9 Å². The van der Waals surface area contributed by atoms with Crippen LogP contribution in [0.2, 0.25) is 0 Å². The highest BCUT2D eigenvalue weighted by atomic mass is 32.2. The Bertz CT molecular complexity index is 1100. The number of nitrogens with zero attached hydrogens (tertiary/aromatic N) is 4. The second kappa shape index (κ2) is 9.20. The smallest absolute Gasteiger partial charge is 0.421 e. The Kier molecular flexibility index (Phi) is 6.91. The van der Waals surface area contributed by atoms with Gasteiger partial charge in [-0.1, -0.05) is 0 Å². The molecule has 33 heavy (non-hydrogen) atoms. The number of hydrogen-bond donors (Lipinski definition) is 1. The molecule has 2 aromatic rings. The van der Waals surface area contributed by atoms with E-state index in [4.69, 9.17) is 9.47 Å². The fraction of sp³-hybridized carbons (Fsp3) is 0.600. The number of amides is 1. The topological polar surface area (TPSA) is 125 Å². The molecule has 1 amide bonds. The highest BCUT2D eigenvalue weighted by Crippen LogP contribution is 2.36. The molecule has 3 rings (SSSR count). The van der Waals surface area contributed by atoms with Crippen LogP contribution in [0.25, 0.3) is 11.4 Å². The van der Waals surface area contributed by atoms with Crippen molar-refractivity contribution in [3.63, 3.8) is 0 Å². The molecule has 13 heteroatoms. The van der Waals surface area contributed by atoms with Crippen LogP contribution in [0.3, 0.4) is 0 Å². The average Bonchev–Trinajstić information content (AvgIpc) is 3.15. The van der Waals surface area contributed by atoms with E-state index in [2.05, 4.69) is 15.4 Å². The standard InChI is InChI=1S/C20H27F2N5O5S/c1-19(2,3)32-18(28)25-33(29,30)16-6-5-14(11-15(16)31-4)17-23-26-27(24-17)12-13-7-9-20(21,22)10-8-13/h5-6,11,13H,7-10,12H2,1-4H3,(H,25,28). The zero-order chi connectivity index (χ0) is 24.4. The van der Waals surface area contributed by atoms with Crippen LogP contribution < -0.4 is 9.46 Å². The van der Waals surface area contributed by atoms with Gasteiger partial charge in [0.2, 0.25) is 11.7 Å². The maximum Gasteiger partial charge on any atom is 0.421 e. The van der Waals surface area contributed by atoms with Gasteiger partial charge in [-0.05, 0) is 62.9 Å². The van der Waals surface area contributed by atoms with E-state index in [0.717, 1.165) is 0 Å². The Balaban J connectivity index is 1.74. The number of tetrazole rings is 1. The summed E-state index contributed by atoms with van der Waals surface area (Å²) in [6.45, 7) is 5.20. The van der Waals surface area contributed by atoms with Crippen molar-refractivity contribution in [2.75, 3.05) is 7.11 Å². The van der Waals surface area contributed by atoms with E-state index in [1.807, 2.05) is 4.72 Å². The number of carbonyl (C=O) groups excluding carboxylic acids is 1. The third-order valence-corrected chi connectivity index (χ3v) is 6.39. The molecular formula is C20H27F2N5O5S. The average molecular weight is 488 g/mol. The lowest BCUT2D eigenvalue weighted by Crippen LogP contribution is -2.36. The van der Waals surface area contributed by atoms with E-state index >= 15 is 0 Å². The fourth-order valence-electron chi connectivity index (χ4n) is 3.44. The molecule has 0 aliphatic heterocycles. The molecule has 182 valence electrons. The van der Waals surface area contributed by atoms with Crippen LogP contribution >= 0.6 is 0 Å². The summed E-state index contributed by atoms with van der Waals surface area (Å²) in [6, 6.07) is 4.12. The molecule has 0 saturated heterocycles. The monoisotopic (exact) mass is 487 g/mol. The number of alkyl halides is 2. The van der Waals surface area contributed by atoms with E-state index < -0.39 is 27.6 Å². The van der Waals surface area contributed by atoms with Crippen molar-refractivity contribution in [3.05, 3.63) is 18.2 Å². The Morgan fingerprint density at radius 2 is 1.94 bits per heavy atom. The van der Waals surface area contributed by atoms with E-state index in [9.17, 15) is 22.0 Å². The van der Waals surface area contributed by atoms with Gasteiger partial charge in [-0.25, -0.2) is 26.7 Å². The van der Waals surface area contributed by atoms with Crippen molar-refractivity contribution in [2.24, 2.45) is 5.92 Å². The van der Waals surface area contributed by atoms with E-state index in [-0.39, 0.29) is 35.2 Å². The highest BCUT2D eigenvalue weighted by molar-refractivity contribution is 7.90. The van der Waals surface area contributed by atoms with Crippen LogP contribution in [0.5, 0.6) is 5.75 Å². The number of benzene rings is 1. The van der Waals surface area contributed by atoms with Crippen LogP contribution in [0.15, 0.2) is 23.1 Å². The predicted molar refractivity (Wildman–Crippen MR) is 113 cm³/mol. The van der Waals surface area contributed by atoms with Gasteiger partial charge in [0, 0.05) is 18.4 Å². The number of nitrogens with one attached hydrogen (secondary N) is 1. The molecular weight excluding hydrogens is 460 g/mol. The van der Waals surface area contributed by atoms with Gasteiger partial charge in [-0.3, -0.25) is 0 Å². The van der Waals surface area contributed by atoms with Crippen molar-refractivity contribution in [3.8, 4) is 17.1 Å². The van der Waals surface area contributed by atoms with Gasteiger partial charge < -0.3 is 9.47 Å². The summed E-state index contributed by atoms with van der Waals surface area (Å²) in [5, 5.41) is 12.2. The quantitative estimate of drug-likeness (QED) is 0.657. The van der Waals surface area contributed by atoms with Gasteiger partial charge in [-0.15, -0.1) is 10.2 Å². The van der Waals surface area contributed by atoms with E-state index in [1.54, 1.807) is 20.8 Å². The van der Waals surface area contributed by atoms with Gasteiger partial charge in [0.1, 0.15) is 16.2 Å². The lowest BCUT2D eigenvalue weighted by atomic mass is 9.87. The first kappa shape index (κ1) is 24.8. The number of hydrogen-bond acceptors (Lipinski definition) is 8. The molecule has 1 aliphatic carbocycles.